The number of aliphatic hydroxyl groups excluding tert-OH is 2. The number of anilines is 1. The molecule has 1 unspecified atom stereocenters. The van der Waals surface area contributed by atoms with Crippen LogP contribution in [0.1, 0.15) is 36.1 Å². The molecule has 1 amide bonds. The summed E-state index contributed by atoms with van der Waals surface area (Å²) in [6, 6.07) is 9.21. The summed E-state index contributed by atoms with van der Waals surface area (Å²) in [7, 11) is 0. The van der Waals surface area contributed by atoms with E-state index >= 15 is 0 Å². The van der Waals surface area contributed by atoms with E-state index in [4.69, 9.17) is 0 Å². The van der Waals surface area contributed by atoms with Gasteiger partial charge in [-0.1, -0.05) is 24.3 Å². The highest BCUT2D eigenvalue weighted by molar-refractivity contribution is 5.81. The minimum Gasteiger partial charge on any atom is -0.395 e. The second-order valence-corrected chi connectivity index (χ2v) is 7.28. The smallest absolute Gasteiger partial charge is 0.395 e. The number of alkyl halides is 3. The molecule has 0 aliphatic heterocycles. The molecule has 32 heavy (non-hydrogen) atoms. The van der Waals surface area contributed by atoms with Gasteiger partial charge in [-0.05, 0) is 30.7 Å². The lowest BCUT2D eigenvalue weighted by Gasteiger charge is -2.24. The lowest BCUT2D eigenvalue weighted by molar-refractivity contribution is -0.137. The first-order chi connectivity index (χ1) is 15.3. The van der Waals surface area contributed by atoms with Gasteiger partial charge in [-0.2, -0.15) is 13.2 Å². The van der Waals surface area contributed by atoms with Crippen molar-refractivity contribution in [2.45, 2.75) is 32.2 Å². The Morgan fingerprint density at radius 1 is 1.22 bits per heavy atom. The molecule has 0 saturated heterocycles. The minimum atomic E-state index is -4.52. The summed E-state index contributed by atoms with van der Waals surface area (Å²) in [5, 5.41) is 21.7. The molecule has 0 bridgehead atoms. The number of nitrogens with zero attached hydrogens (tertiary/aromatic N) is 2. The number of carbonyl (C=O) groups excluding carboxylic acids is 1. The van der Waals surface area contributed by atoms with E-state index in [0.717, 1.165) is 12.1 Å². The molecule has 172 valence electrons. The number of hydrogen-bond donors (Lipinski definition) is 4. The van der Waals surface area contributed by atoms with Crippen LogP contribution in [0.4, 0.5) is 19.1 Å². The van der Waals surface area contributed by atoms with Gasteiger partial charge in [0.25, 0.3) is 0 Å². The van der Waals surface area contributed by atoms with Gasteiger partial charge in [-0.25, -0.2) is 4.98 Å². The van der Waals surface area contributed by atoms with Crippen LogP contribution >= 0.6 is 0 Å². The minimum absolute atomic E-state index is 0.134. The first kappa shape index (κ1) is 23.6. The highest BCUT2D eigenvalue weighted by Gasteiger charge is 2.31. The third-order valence-corrected chi connectivity index (χ3v) is 5.18. The number of aromatic nitrogens is 2. The molecule has 0 aliphatic carbocycles. The van der Waals surface area contributed by atoms with Gasteiger partial charge < -0.3 is 25.4 Å². The molecule has 0 aliphatic rings. The zero-order valence-corrected chi connectivity index (χ0v) is 17.5. The molecule has 0 fully saturated rings. The molecule has 10 heteroatoms. The molecule has 0 radical (unpaired) electrons. The SMILES string of the molecule is CCN(CCO)C(=O)CC(Nc1nc2c(CO)cccc2[nH]1)c1cccc(C(F)(F)F)c1. The van der Waals surface area contributed by atoms with E-state index < -0.39 is 17.8 Å². The summed E-state index contributed by atoms with van der Waals surface area (Å²) in [6.07, 6.45) is -4.66. The van der Waals surface area contributed by atoms with Crippen LogP contribution in [-0.4, -0.2) is 50.7 Å². The molecule has 1 atom stereocenters. The van der Waals surface area contributed by atoms with Gasteiger partial charge in [0, 0.05) is 18.7 Å². The van der Waals surface area contributed by atoms with Gasteiger partial charge in [-0.15, -0.1) is 0 Å². The van der Waals surface area contributed by atoms with Crippen molar-refractivity contribution in [1.29, 1.82) is 0 Å². The van der Waals surface area contributed by atoms with Gasteiger partial charge in [-0.3, -0.25) is 4.79 Å². The number of hydrogen-bond acceptors (Lipinski definition) is 5. The summed E-state index contributed by atoms with van der Waals surface area (Å²) < 4.78 is 39.8. The maximum absolute atomic E-state index is 13.3. The summed E-state index contributed by atoms with van der Waals surface area (Å²) >= 11 is 0. The molecule has 3 aromatic rings. The number of fused-ring (bicyclic) bond motifs is 1. The Morgan fingerprint density at radius 2 is 1.97 bits per heavy atom. The topological polar surface area (TPSA) is 101 Å². The van der Waals surface area contributed by atoms with Crippen LogP contribution in [0.5, 0.6) is 0 Å². The average molecular weight is 450 g/mol. The maximum Gasteiger partial charge on any atom is 0.416 e. The third kappa shape index (κ3) is 5.38. The highest BCUT2D eigenvalue weighted by atomic mass is 19.4. The van der Waals surface area contributed by atoms with Crippen LogP contribution in [-0.2, 0) is 17.6 Å². The number of imidazole rings is 1. The average Bonchev–Trinajstić information content (AvgIpc) is 3.19. The fraction of sp³-hybridized carbons (Fsp3) is 0.364. The van der Waals surface area contributed by atoms with E-state index in [1.54, 1.807) is 25.1 Å². The Hall–Kier alpha value is -3.11. The Labute approximate surface area is 182 Å². The van der Waals surface area contributed by atoms with Gasteiger partial charge >= 0.3 is 6.18 Å². The van der Waals surface area contributed by atoms with E-state index in [2.05, 4.69) is 15.3 Å². The Kier molecular flexibility index (Phi) is 7.37. The van der Waals surface area contributed by atoms with Crippen LogP contribution in [0.2, 0.25) is 0 Å². The number of likely N-dealkylation sites (N-methyl/N-ethyl adjacent to an activating group) is 1. The zero-order chi connectivity index (χ0) is 23.3. The normalized spacial score (nSPS) is 12.7. The van der Waals surface area contributed by atoms with Crippen LogP contribution < -0.4 is 5.32 Å². The van der Waals surface area contributed by atoms with Crippen molar-refractivity contribution in [3.05, 3.63) is 59.2 Å². The summed E-state index contributed by atoms with van der Waals surface area (Å²) in [5.41, 5.74) is 1.23. The first-order valence-electron chi connectivity index (χ1n) is 10.2. The largest absolute Gasteiger partial charge is 0.416 e. The lowest BCUT2D eigenvalue weighted by atomic mass is 10.0. The number of para-hydroxylation sites is 1. The maximum atomic E-state index is 13.3. The van der Waals surface area contributed by atoms with Gasteiger partial charge in [0.1, 0.15) is 0 Å². The standard InChI is InChI=1S/C22H25F3N4O3/c1-2-29(9-10-30)19(32)12-18(14-5-3-7-16(11-14)22(23,24)25)27-21-26-17-8-4-6-15(13-31)20(17)28-21/h3-8,11,18,30-31H,2,9-10,12-13H2,1H3,(H2,26,27,28). The first-order valence-corrected chi connectivity index (χ1v) is 10.2. The number of aromatic amines is 1. The second kappa shape index (κ2) is 10.0. The number of aliphatic hydroxyl groups is 2. The van der Waals surface area contributed by atoms with Gasteiger partial charge in [0.15, 0.2) is 0 Å². The summed E-state index contributed by atoms with van der Waals surface area (Å²) in [5.74, 6) is -0.0510. The van der Waals surface area contributed by atoms with Crippen molar-refractivity contribution in [2.75, 3.05) is 25.0 Å². The molecule has 7 nitrogen and oxygen atoms in total. The molecule has 1 aromatic heterocycles. The molecular formula is C22H25F3N4O3. The Bertz CT molecular complexity index is 1070. The molecule has 2 aromatic carbocycles. The number of amides is 1. The van der Waals surface area contributed by atoms with E-state index in [1.807, 2.05) is 0 Å². The van der Waals surface area contributed by atoms with Crippen molar-refractivity contribution in [1.82, 2.24) is 14.9 Å². The van der Waals surface area contributed by atoms with Gasteiger partial charge in [0.2, 0.25) is 11.9 Å². The molecule has 0 saturated carbocycles. The van der Waals surface area contributed by atoms with Crippen molar-refractivity contribution >= 4 is 22.9 Å². The third-order valence-electron chi connectivity index (χ3n) is 5.18. The van der Waals surface area contributed by atoms with Crippen LogP contribution in [0.3, 0.4) is 0 Å². The van der Waals surface area contributed by atoms with Crippen molar-refractivity contribution < 1.29 is 28.2 Å². The van der Waals surface area contributed by atoms with E-state index in [9.17, 15) is 28.2 Å². The van der Waals surface area contributed by atoms with E-state index in [1.165, 1.54) is 17.0 Å². The monoisotopic (exact) mass is 450 g/mol. The van der Waals surface area contributed by atoms with E-state index in [0.29, 0.717) is 23.1 Å². The number of rotatable bonds is 9. The van der Waals surface area contributed by atoms with Crippen molar-refractivity contribution in [2.24, 2.45) is 0 Å². The number of H-pyrrole nitrogens is 1. The fourth-order valence-corrected chi connectivity index (χ4v) is 3.52. The predicted molar refractivity (Wildman–Crippen MR) is 114 cm³/mol. The van der Waals surface area contributed by atoms with Gasteiger partial charge in [0.05, 0.1) is 42.3 Å². The number of carbonyl (C=O) groups is 1. The van der Waals surface area contributed by atoms with Crippen molar-refractivity contribution in [3.8, 4) is 0 Å². The molecule has 4 N–H and O–H groups in total. The highest BCUT2D eigenvalue weighted by Crippen LogP contribution is 2.32. The molecule has 3 rings (SSSR count). The Morgan fingerprint density at radius 3 is 2.62 bits per heavy atom. The summed E-state index contributed by atoms with van der Waals surface area (Å²) in [4.78, 5) is 21.7. The number of nitrogens with one attached hydrogen (secondary N) is 2. The lowest BCUT2D eigenvalue weighted by Crippen LogP contribution is -2.35. The molecular weight excluding hydrogens is 425 g/mol. The van der Waals surface area contributed by atoms with E-state index in [-0.39, 0.29) is 43.6 Å². The quantitative estimate of drug-likeness (QED) is 0.400. The van der Waals surface area contributed by atoms with Crippen LogP contribution in [0.25, 0.3) is 11.0 Å². The predicted octanol–water partition coefficient (Wildman–Crippen LogP) is 3.46. The van der Waals surface area contributed by atoms with Crippen molar-refractivity contribution in [3.63, 3.8) is 0 Å². The zero-order valence-electron chi connectivity index (χ0n) is 17.5. The fourth-order valence-electron chi connectivity index (χ4n) is 3.52. The summed E-state index contributed by atoms with van der Waals surface area (Å²) in [6.45, 7) is 1.82. The number of benzene rings is 2. The second-order valence-electron chi connectivity index (χ2n) is 7.28. The number of halogens is 3. The molecule has 0 spiro atoms. The Balaban J connectivity index is 1.96. The molecule has 1 heterocycles. The van der Waals surface area contributed by atoms with Crippen LogP contribution in [0, 0.1) is 0 Å². The van der Waals surface area contributed by atoms with Crippen LogP contribution in [0.15, 0.2) is 42.5 Å².